The van der Waals surface area contributed by atoms with Crippen LogP contribution < -0.4 is 11.1 Å². The lowest BCUT2D eigenvalue weighted by Gasteiger charge is -2.37. The Bertz CT molecular complexity index is 122. The van der Waals surface area contributed by atoms with Gasteiger partial charge in [-0.15, -0.1) is 0 Å². The van der Waals surface area contributed by atoms with Gasteiger partial charge in [0.25, 0.3) is 0 Å². The molecule has 72 valence electrons. The molecule has 12 heavy (non-hydrogen) atoms. The molecule has 1 saturated heterocycles. The van der Waals surface area contributed by atoms with Crippen molar-refractivity contribution >= 4 is 0 Å². The van der Waals surface area contributed by atoms with Gasteiger partial charge in [0.1, 0.15) is 0 Å². The van der Waals surface area contributed by atoms with Gasteiger partial charge in [-0.25, -0.2) is 0 Å². The van der Waals surface area contributed by atoms with Crippen LogP contribution in [0.3, 0.4) is 0 Å². The van der Waals surface area contributed by atoms with E-state index in [1.807, 2.05) is 0 Å². The maximum Gasteiger partial charge on any atom is 0.0484 e. The van der Waals surface area contributed by atoms with E-state index in [1.54, 1.807) is 0 Å². The smallest absolute Gasteiger partial charge is 0.0484 e. The number of hydrogen-bond donors (Lipinski definition) is 2. The molecule has 0 aromatic rings. The molecule has 3 N–H and O–H groups in total. The van der Waals surface area contributed by atoms with Crippen LogP contribution in [0.25, 0.3) is 0 Å². The van der Waals surface area contributed by atoms with E-state index < -0.39 is 0 Å². The second-order valence-electron chi connectivity index (χ2n) is 3.52. The monoisotopic (exact) mass is 172 g/mol. The van der Waals surface area contributed by atoms with Gasteiger partial charge < -0.3 is 15.8 Å². The van der Waals surface area contributed by atoms with Crippen LogP contribution in [-0.2, 0) is 4.74 Å². The second-order valence-corrected chi connectivity index (χ2v) is 3.52. The quantitative estimate of drug-likeness (QED) is 0.649. The number of nitrogens with two attached hydrogens (primary N) is 1. The number of ether oxygens (including phenoxy) is 1. The molecule has 0 radical (unpaired) electrons. The summed E-state index contributed by atoms with van der Waals surface area (Å²) in [5.41, 5.74) is 5.94. The fourth-order valence-electron chi connectivity index (χ4n) is 1.61. The first-order valence-corrected chi connectivity index (χ1v) is 4.86. The maximum absolute atomic E-state index is 5.76. The SMILES string of the molecule is CCCNC1(CN)CCOCC1. The molecule has 0 aromatic heterocycles. The average molecular weight is 172 g/mol. The molecule has 0 unspecified atom stereocenters. The van der Waals surface area contributed by atoms with Crippen LogP contribution in [0.2, 0.25) is 0 Å². The minimum Gasteiger partial charge on any atom is -0.381 e. The highest BCUT2D eigenvalue weighted by Gasteiger charge is 2.29. The lowest BCUT2D eigenvalue weighted by atomic mass is 9.90. The van der Waals surface area contributed by atoms with Gasteiger partial charge in [-0.1, -0.05) is 6.92 Å². The summed E-state index contributed by atoms with van der Waals surface area (Å²) in [4.78, 5) is 0. The summed E-state index contributed by atoms with van der Waals surface area (Å²) in [5, 5.41) is 3.53. The Morgan fingerprint density at radius 1 is 1.42 bits per heavy atom. The van der Waals surface area contributed by atoms with E-state index in [1.165, 1.54) is 6.42 Å². The molecule has 1 heterocycles. The van der Waals surface area contributed by atoms with Crippen LogP contribution in [0.1, 0.15) is 26.2 Å². The summed E-state index contributed by atoms with van der Waals surface area (Å²) in [6.07, 6.45) is 3.29. The Morgan fingerprint density at radius 2 is 2.08 bits per heavy atom. The molecule has 0 atom stereocenters. The second kappa shape index (κ2) is 4.80. The van der Waals surface area contributed by atoms with Gasteiger partial charge in [-0.05, 0) is 25.8 Å². The molecule has 1 rings (SSSR count). The number of nitrogens with one attached hydrogen (secondary N) is 1. The van der Waals surface area contributed by atoms with Gasteiger partial charge in [0.05, 0.1) is 0 Å². The molecular weight excluding hydrogens is 152 g/mol. The Morgan fingerprint density at radius 3 is 2.58 bits per heavy atom. The number of hydrogen-bond acceptors (Lipinski definition) is 3. The topological polar surface area (TPSA) is 47.3 Å². The molecule has 0 bridgehead atoms. The summed E-state index contributed by atoms with van der Waals surface area (Å²) < 4.78 is 5.31. The molecule has 1 aliphatic rings. The van der Waals surface area contributed by atoms with Crippen molar-refractivity contribution in [2.75, 3.05) is 26.3 Å². The third-order valence-electron chi connectivity index (χ3n) is 2.59. The first-order chi connectivity index (χ1) is 5.83. The first-order valence-electron chi connectivity index (χ1n) is 4.86. The van der Waals surface area contributed by atoms with Crippen molar-refractivity contribution in [3.8, 4) is 0 Å². The van der Waals surface area contributed by atoms with Crippen LogP contribution in [0.5, 0.6) is 0 Å². The fourth-order valence-corrected chi connectivity index (χ4v) is 1.61. The molecule has 3 nitrogen and oxygen atoms in total. The van der Waals surface area contributed by atoms with E-state index in [9.17, 15) is 0 Å². The van der Waals surface area contributed by atoms with Crippen molar-refractivity contribution in [1.82, 2.24) is 5.32 Å². The predicted molar refractivity (Wildman–Crippen MR) is 50.1 cm³/mol. The van der Waals surface area contributed by atoms with Crippen molar-refractivity contribution in [3.63, 3.8) is 0 Å². The van der Waals surface area contributed by atoms with Crippen molar-refractivity contribution < 1.29 is 4.74 Å². The Hall–Kier alpha value is -0.120. The molecule has 0 aliphatic carbocycles. The van der Waals surface area contributed by atoms with Gasteiger partial charge in [0, 0.05) is 25.3 Å². The van der Waals surface area contributed by atoms with Gasteiger partial charge >= 0.3 is 0 Å². The predicted octanol–water partition coefficient (Wildman–Crippen LogP) is 0.494. The van der Waals surface area contributed by atoms with Crippen LogP contribution in [0, 0.1) is 0 Å². The summed E-state index contributed by atoms with van der Waals surface area (Å²) in [6, 6.07) is 0. The van der Waals surface area contributed by atoms with Gasteiger partial charge in [-0.3, -0.25) is 0 Å². The largest absolute Gasteiger partial charge is 0.381 e. The molecule has 1 fully saturated rings. The Labute approximate surface area is 74.7 Å². The van der Waals surface area contributed by atoms with Crippen molar-refractivity contribution in [1.29, 1.82) is 0 Å². The van der Waals surface area contributed by atoms with Crippen molar-refractivity contribution in [2.24, 2.45) is 5.73 Å². The van der Waals surface area contributed by atoms with E-state index in [0.717, 1.165) is 39.1 Å². The fraction of sp³-hybridized carbons (Fsp3) is 1.00. The molecular formula is C9H20N2O. The van der Waals surface area contributed by atoms with Crippen LogP contribution >= 0.6 is 0 Å². The Kier molecular flexibility index (Phi) is 3.98. The zero-order valence-electron chi connectivity index (χ0n) is 7.94. The lowest BCUT2D eigenvalue weighted by molar-refractivity contribution is 0.0416. The summed E-state index contributed by atoms with van der Waals surface area (Å²) >= 11 is 0. The first kappa shape index (κ1) is 9.96. The molecule has 0 aromatic carbocycles. The average Bonchev–Trinajstić information content (AvgIpc) is 2.16. The maximum atomic E-state index is 5.76. The summed E-state index contributed by atoms with van der Waals surface area (Å²) in [5.74, 6) is 0. The zero-order valence-corrected chi connectivity index (χ0v) is 7.94. The van der Waals surface area contributed by atoms with E-state index >= 15 is 0 Å². The Balaban J connectivity index is 2.37. The third-order valence-corrected chi connectivity index (χ3v) is 2.59. The summed E-state index contributed by atoms with van der Waals surface area (Å²) in [6.45, 7) is 5.69. The lowest BCUT2D eigenvalue weighted by Crippen LogP contribution is -2.54. The minimum absolute atomic E-state index is 0.175. The standard InChI is InChI=1S/C9H20N2O/c1-2-5-11-9(8-10)3-6-12-7-4-9/h11H,2-8,10H2,1H3. The van der Waals surface area contributed by atoms with E-state index in [4.69, 9.17) is 10.5 Å². The molecule has 0 amide bonds. The normalized spacial score (nSPS) is 22.5. The highest BCUT2D eigenvalue weighted by Crippen LogP contribution is 2.18. The molecule has 0 spiro atoms. The van der Waals surface area contributed by atoms with Gasteiger partial charge in [-0.2, -0.15) is 0 Å². The zero-order chi connectivity index (χ0) is 8.86. The van der Waals surface area contributed by atoms with E-state index in [-0.39, 0.29) is 5.54 Å². The van der Waals surface area contributed by atoms with E-state index in [0.29, 0.717) is 0 Å². The van der Waals surface area contributed by atoms with E-state index in [2.05, 4.69) is 12.2 Å². The van der Waals surface area contributed by atoms with Crippen LogP contribution in [-0.4, -0.2) is 31.8 Å². The summed E-state index contributed by atoms with van der Waals surface area (Å²) in [7, 11) is 0. The molecule has 1 aliphatic heterocycles. The third kappa shape index (κ3) is 2.44. The highest BCUT2D eigenvalue weighted by atomic mass is 16.5. The van der Waals surface area contributed by atoms with Crippen molar-refractivity contribution in [2.45, 2.75) is 31.7 Å². The van der Waals surface area contributed by atoms with Crippen LogP contribution in [0.15, 0.2) is 0 Å². The number of rotatable bonds is 4. The highest BCUT2D eigenvalue weighted by molar-refractivity contribution is 4.90. The van der Waals surface area contributed by atoms with Crippen LogP contribution in [0.4, 0.5) is 0 Å². The van der Waals surface area contributed by atoms with Gasteiger partial charge in [0.2, 0.25) is 0 Å². The molecule has 3 heteroatoms. The van der Waals surface area contributed by atoms with Crippen molar-refractivity contribution in [3.05, 3.63) is 0 Å². The molecule has 0 saturated carbocycles. The van der Waals surface area contributed by atoms with Gasteiger partial charge in [0.15, 0.2) is 0 Å². The minimum atomic E-state index is 0.175.